The highest BCUT2D eigenvalue weighted by atomic mass is 32.2. The van der Waals surface area contributed by atoms with Crippen LogP contribution >= 0.6 is 11.8 Å². The molecule has 0 amide bonds. The molecule has 1 heterocycles. The highest BCUT2D eigenvalue weighted by Gasteiger charge is 2.24. The van der Waals surface area contributed by atoms with Gasteiger partial charge in [-0.15, -0.1) is 0 Å². The molecule has 0 saturated heterocycles. The van der Waals surface area contributed by atoms with Crippen molar-refractivity contribution in [1.29, 1.82) is 0 Å². The van der Waals surface area contributed by atoms with E-state index in [0.717, 1.165) is 17.0 Å². The fourth-order valence-electron chi connectivity index (χ4n) is 2.72. The summed E-state index contributed by atoms with van der Waals surface area (Å²) in [4.78, 5) is 1.07. The van der Waals surface area contributed by atoms with E-state index in [9.17, 15) is 17.2 Å². The van der Waals surface area contributed by atoms with Crippen molar-refractivity contribution in [3.63, 3.8) is 0 Å². The second-order valence-electron chi connectivity index (χ2n) is 5.98. The number of benzene rings is 3. The van der Waals surface area contributed by atoms with Crippen molar-refractivity contribution >= 4 is 38.5 Å². The highest BCUT2D eigenvalue weighted by Crippen LogP contribution is 2.39. The standard InChI is InChI=1S/C19H13F2N3O4S2/c1-27-13-7-2-3-8-14(13)29-15-9-10-16(19-18(15)22-28-23-19)30(25,26)24-12-6-4-5-11(20)17(12)21/h2-10,24H,1H3. The van der Waals surface area contributed by atoms with Gasteiger partial charge in [0.2, 0.25) is 0 Å². The van der Waals surface area contributed by atoms with Crippen molar-refractivity contribution < 1.29 is 26.6 Å². The number of nitrogens with one attached hydrogen (secondary N) is 1. The van der Waals surface area contributed by atoms with Crippen molar-refractivity contribution in [3.8, 4) is 5.75 Å². The molecule has 0 spiro atoms. The number of hydrogen-bond donors (Lipinski definition) is 1. The van der Waals surface area contributed by atoms with Gasteiger partial charge in [-0.2, -0.15) is 0 Å². The number of aromatic nitrogens is 2. The van der Waals surface area contributed by atoms with Crippen LogP contribution in [0.4, 0.5) is 14.5 Å². The van der Waals surface area contributed by atoms with Gasteiger partial charge in [0.25, 0.3) is 10.0 Å². The molecule has 0 atom stereocenters. The topological polar surface area (TPSA) is 94.3 Å². The minimum absolute atomic E-state index is 0.0424. The zero-order valence-corrected chi connectivity index (χ0v) is 16.9. The lowest BCUT2D eigenvalue weighted by Gasteiger charge is -2.11. The van der Waals surface area contributed by atoms with Gasteiger partial charge in [0.15, 0.2) is 22.7 Å². The Balaban J connectivity index is 1.74. The summed E-state index contributed by atoms with van der Waals surface area (Å²) in [6.45, 7) is 0. The lowest BCUT2D eigenvalue weighted by Crippen LogP contribution is -2.15. The summed E-state index contributed by atoms with van der Waals surface area (Å²) < 4.78 is 65.1. The Hall–Kier alpha value is -3.18. The second-order valence-corrected chi connectivity index (χ2v) is 8.72. The molecule has 0 fully saturated rings. The van der Waals surface area contributed by atoms with E-state index in [0.29, 0.717) is 10.6 Å². The first-order valence-corrected chi connectivity index (χ1v) is 10.7. The summed E-state index contributed by atoms with van der Waals surface area (Å²) in [5.41, 5.74) is -0.361. The fraction of sp³-hybridized carbons (Fsp3) is 0.0526. The Morgan fingerprint density at radius 3 is 2.53 bits per heavy atom. The molecule has 0 saturated carbocycles. The fourth-order valence-corrected chi connectivity index (χ4v) is 4.92. The zero-order chi connectivity index (χ0) is 21.3. The smallest absolute Gasteiger partial charge is 0.264 e. The zero-order valence-electron chi connectivity index (χ0n) is 15.3. The number of rotatable bonds is 6. The van der Waals surface area contributed by atoms with Crippen molar-refractivity contribution in [2.24, 2.45) is 0 Å². The Morgan fingerprint density at radius 1 is 0.967 bits per heavy atom. The van der Waals surface area contributed by atoms with Crippen LogP contribution < -0.4 is 9.46 Å². The third-order valence-corrected chi connectivity index (χ3v) is 6.62. The van der Waals surface area contributed by atoms with Crippen molar-refractivity contribution in [3.05, 3.63) is 66.2 Å². The van der Waals surface area contributed by atoms with Crippen LogP contribution in [-0.2, 0) is 10.0 Å². The Morgan fingerprint density at radius 2 is 1.73 bits per heavy atom. The maximum atomic E-state index is 13.9. The van der Waals surface area contributed by atoms with E-state index in [-0.39, 0.29) is 15.9 Å². The third kappa shape index (κ3) is 3.68. The first kappa shape index (κ1) is 20.1. The molecule has 0 aliphatic carbocycles. The lowest BCUT2D eigenvalue weighted by atomic mass is 10.3. The molecular weight excluding hydrogens is 436 g/mol. The highest BCUT2D eigenvalue weighted by molar-refractivity contribution is 7.99. The van der Waals surface area contributed by atoms with Gasteiger partial charge in [-0.25, -0.2) is 21.8 Å². The van der Waals surface area contributed by atoms with E-state index in [1.165, 1.54) is 30.0 Å². The van der Waals surface area contributed by atoms with Crippen LogP contribution in [0.5, 0.6) is 5.75 Å². The number of ether oxygens (including phenoxy) is 1. The average Bonchev–Trinajstić information content (AvgIpc) is 3.22. The van der Waals surface area contributed by atoms with Gasteiger partial charge in [0.05, 0.1) is 17.7 Å². The molecule has 1 aromatic heterocycles. The molecule has 7 nitrogen and oxygen atoms in total. The van der Waals surface area contributed by atoms with Gasteiger partial charge in [0.1, 0.15) is 10.6 Å². The predicted octanol–water partition coefficient (Wildman–Crippen LogP) is 4.46. The largest absolute Gasteiger partial charge is 0.496 e. The van der Waals surface area contributed by atoms with Gasteiger partial charge in [0, 0.05) is 4.90 Å². The monoisotopic (exact) mass is 449 g/mol. The van der Waals surface area contributed by atoms with E-state index >= 15 is 0 Å². The van der Waals surface area contributed by atoms with Crippen molar-refractivity contribution in [2.45, 2.75) is 14.7 Å². The molecule has 0 aliphatic rings. The molecule has 4 aromatic rings. The van der Waals surface area contributed by atoms with Crippen molar-refractivity contribution in [1.82, 2.24) is 10.3 Å². The maximum Gasteiger partial charge on any atom is 0.264 e. The molecule has 0 aliphatic heterocycles. The van der Waals surface area contributed by atoms with Crippen LogP contribution in [0.2, 0.25) is 0 Å². The van der Waals surface area contributed by atoms with Gasteiger partial charge in [-0.3, -0.25) is 4.72 Å². The van der Waals surface area contributed by atoms with Gasteiger partial charge >= 0.3 is 0 Å². The first-order chi connectivity index (χ1) is 14.4. The van der Waals surface area contributed by atoms with E-state index in [4.69, 9.17) is 9.37 Å². The molecule has 154 valence electrons. The minimum Gasteiger partial charge on any atom is -0.496 e. The number of hydrogen-bond acceptors (Lipinski definition) is 7. The molecule has 4 rings (SSSR count). The van der Waals surface area contributed by atoms with E-state index < -0.39 is 27.3 Å². The van der Waals surface area contributed by atoms with Gasteiger partial charge in [-0.1, -0.05) is 30.0 Å². The van der Waals surface area contributed by atoms with Crippen LogP contribution in [0.15, 0.2) is 73.9 Å². The normalized spacial score (nSPS) is 11.6. The third-order valence-electron chi connectivity index (χ3n) is 4.12. The quantitative estimate of drug-likeness (QED) is 0.464. The molecule has 0 unspecified atom stereocenters. The maximum absolute atomic E-state index is 13.9. The van der Waals surface area contributed by atoms with Crippen LogP contribution in [0, 0.1) is 11.6 Å². The van der Waals surface area contributed by atoms with Crippen molar-refractivity contribution in [2.75, 3.05) is 11.8 Å². The Bertz CT molecular complexity index is 1340. The lowest BCUT2D eigenvalue weighted by molar-refractivity contribution is 0.314. The first-order valence-electron chi connectivity index (χ1n) is 8.43. The minimum atomic E-state index is -4.30. The summed E-state index contributed by atoms with van der Waals surface area (Å²) in [6.07, 6.45) is 0. The molecule has 30 heavy (non-hydrogen) atoms. The number of nitrogens with zero attached hydrogens (tertiary/aromatic N) is 2. The number of para-hydroxylation sites is 1. The van der Waals surface area contributed by atoms with Gasteiger partial charge in [-0.05, 0) is 46.7 Å². The second kappa shape index (κ2) is 7.92. The summed E-state index contributed by atoms with van der Waals surface area (Å²) >= 11 is 1.29. The number of methoxy groups -OCH3 is 1. The number of fused-ring (bicyclic) bond motifs is 1. The van der Waals surface area contributed by atoms with Crippen LogP contribution in [-0.4, -0.2) is 25.8 Å². The molecule has 0 radical (unpaired) electrons. The van der Waals surface area contributed by atoms with Gasteiger partial charge < -0.3 is 4.74 Å². The summed E-state index contributed by atoms with van der Waals surface area (Å²) in [5, 5.41) is 7.50. The molecule has 1 N–H and O–H groups in total. The molecular formula is C19H13F2N3O4S2. The van der Waals surface area contributed by atoms with E-state index in [1.807, 2.05) is 22.9 Å². The summed E-state index contributed by atoms with van der Waals surface area (Å²) in [5.74, 6) is -1.85. The number of halogens is 2. The van der Waals surface area contributed by atoms with Crippen LogP contribution in [0.25, 0.3) is 11.0 Å². The molecule has 11 heteroatoms. The molecule has 0 bridgehead atoms. The van der Waals surface area contributed by atoms with E-state index in [2.05, 4.69) is 10.3 Å². The Kier molecular flexibility index (Phi) is 5.31. The molecule has 3 aromatic carbocycles. The van der Waals surface area contributed by atoms with E-state index in [1.54, 1.807) is 13.2 Å². The van der Waals surface area contributed by atoms with Crippen LogP contribution in [0.1, 0.15) is 0 Å². The SMILES string of the molecule is COc1ccccc1Sc1ccc(S(=O)(=O)Nc2cccc(F)c2F)c2nonc12. The Labute approximate surface area is 174 Å². The summed E-state index contributed by atoms with van der Waals surface area (Å²) in [7, 11) is -2.76. The number of sulfonamides is 1. The van der Waals surface area contributed by atoms with Crippen LogP contribution in [0.3, 0.4) is 0 Å². The predicted molar refractivity (Wildman–Crippen MR) is 106 cm³/mol. The average molecular weight is 449 g/mol. The summed E-state index contributed by atoms with van der Waals surface area (Å²) in [6, 6.07) is 13.3. The number of anilines is 1.